The second kappa shape index (κ2) is 9.62. The van der Waals surface area contributed by atoms with Crippen molar-refractivity contribution in [3.8, 4) is 0 Å². The van der Waals surface area contributed by atoms with Gasteiger partial charge in [0, 0.05) is 13.1 Å². The van der Waals surface area contributed by atoms with Crippen LogP contribution in [0.25, 0.3) is 0 Å². The molecule has 1 aliphatic carbocycles. The number of nitrogens with one attached hydrogen (secondary N) is 3. The molecule has 0 saturated heterocycles. The Kier molecular flexibility index (Phi) is 7.51. The number of amides is 1. The van der Waals surface area contributed by atoms with Crippen molar-refractivity contribution in [2.24, 2.45) is 0 Å². The molecule has 10 heteroatoms. The molecule has 1 aromatic heterocycles. The summed E-state index contributed by atoms with van der Waals surface area (Å²) in [5, 5.41) is 20.8. The van der Waals surface area contributed by atoms with E-state index in [-0.39, 0.29) is 17.0 Å². The lowest BCUT2D eigenvalue weighted by Crippen LogP contribution is -2.40. The fraction of sp³-hybridized carbons (Fsp3) is 0.500. The molecule has 142 valence electrons. The molecule has 0 aliphatic heterocycles. The minimum Gasteiger partial charge on any atom is -0.365 e. The molecular formula is C16H22N4O5S. The molecule has 1 aromatic rings. The zero-order chi connectivity index (χ0) is 19.1. The van der Waals surface area contributed by atoms with Crippen LogP contribution in [0.1, 0.15) is 50.7 Å². The van der Waals surface area contributed by atoms with Gasteiger partial charge in [-0.15, -0.1) is 11.8 Å². The lowest BCUT2D eigenvalue weighted by Gasteiger charge is -2.12. The number of hydrogen-bond donors (Lipinski definition) is 4. The summed E-state index contributed by atoms with van der Waals surface area (Å²) in [6, 6.07) is 0. The Balaban J connectivity index is 1.86. The number of unbranched alkanes of at least 4 members (excludes halogenated alkanes) is 2. The third kappa shape index (κ3) is 4.79. The average molecular weight is 382 g/mol. The van der Waals surface area contributed by atoms with E-state index in [4.69, 9.17) is 4.52 Å². The second-order valence-corrected chi connectivity index (χ2v) is 6.71. The van der Waals surface area contributed by atoms with Crippen LogP contribution in [0.3, 0.4) is 0 Å². The first-order chi connectivity index (χ1) is 12.5. The Morgan fingerprint density at radius 3 is 2.77 bits per heavy atom. The molecule has 9 nitrogen and oxygen atoms in total. The van der Waals surface area contributed by atoms with Gasteiger partial charge in [0.05, 0.1) is 4.91 Å². The maximum Gasteiger partial charge on any atom is 0.274 e. The number of thioether (sulfide) groups is 1. The predicted octanol–water partition coefficient (Wildman–Crippen LogP) is 0.286. The minimum absolute atomic E-state index is 0.0652. The van der Waals surface area contributed by atoms with Crippen LogP contribution in [-0.4, -0.2) is 60.5 Å². The summed E-state index contributed by atoms with van der Waals surface area (Å²) < 4.78 is 4.87. The van der Waals surface area contributed by atoms with Crippen LogP contribution < -0.4 is 16.0 Å². The number of hydrogen-bond acceptors (Lipinski definition) is 9. The third-order valence-electron chi connectivity index (χ3n) is 3.76. The smallest absolute Gasteiger partial charge is 0.274 e. The highest BCUT2D eigenvalue weighted by molar-refractivity contribution is 8.04. The van der Waals surface area contributed by atoms with Gasteiger partial charge in [-0.3, -0.25) is 25.0 Å². The van der Waals surface area contributed by atoms with E-state index in [0.717, 1.165) is 19.3 Å². The number of carbonyl (C=O) groups is 3. The SMILES string of the molecule is CNC(=O)c1noc2c1C(=O)C(SCCCCCNC(O)NC)=CC2=O. The maximum absolute atomic E-state index is 12.6. The summed E-state index contributed by atoms with van der Waals surface area (Å²) in [6.07, 6.45) is 3.15. The third-order valence-corrected chi connectivity index (χ3v) is 4.87. The standard InChI is InChI=1S/C16H22N4O5S/c1-17-15(23)12-11-13(22)10(8-9(21)14(11)25-20-12)26-7-5-3-4-6-19-16(24)18-2/h8,16,18-19,24H,3-7H2,1-2H3,(H,17,23). The number of aliphatic hydroxyl groups is 1. The van der Waals surface area contributed by atoms with E-state index >= 15 is 0 Å². The van der Waals surface area contributed by atoms with Gasteiger partial charge < -0.3 is 14.9 Å². The number of nitrogens with zero attached hydrogens (tertiary/aromatic N) is 1. The van der Waals surface area contributed by atoms with Crippen molar-refractivity contribution in [1.29, 1.82) is 0 Å². The number of ketones is 2. The van der Waals surface area contributed by atoms with Crippen molar-refractivity contribution >= 4 is 29.2 Å². The number of allylic oxidation sites excluding steroid dienone is 2. The van der Waals surface area contributed by atoms with Crippen molar-refractivity contribution in [1.82, 2.24) is 21.1 Å². The first kappa shape index (κ1) is 20.3. The molecule has 0 fully saturated rings. The fourth-order valence-electron chi connectivity index (χ4n) is 2.35. The first-order valence-electron chi connectivity index (χ1n) is 8.23. The van der Waals surface area contributed by atoms with Crippen LogP contribution in [0.4, 0.5) is 0 Å². The molecule has 1 aliphatic rings. The molecule has 26 heavy (non-hydrogen) atoms. The lowest BCUT2D eigenvalue weighted by molar-refractivity contribution is 0.0944. The molecule has 0 radical (unpaired) electrons. The highest BCUT2D eigenvalue weighted by atomic mass is 32.2. The average Bonchev–Trinajstić information content (AvgIpc) is 3.09. The molecule has 1 unspecified atom stereocenters. The number of aromatic nitrogens is 1. The highest BCUT2D eigenvalue weighted by Crippen LogP contribution is 2.31. The largest absolute Gasteiger partial charge is 0.365 e. The van der Waals surface area contributed by atoms with E-state index in [0.29, 0.717) is 17.2 Å². The van der Waals surface area contributed by atoms with Gasteiger partial charge in [-0.25, -0.2) is 0 Å². The lowest BCUT2D eigenvalue weighted by atomic mass is 10.00. The van der Waals surface area contributed by atoms with E-state index in [1.54, 1.807) is 7.05 Å². The summed E-state index contributed by atoms with van der Waals surface area (Å²) in [6.45, 7) is 0.673. The summed E-state index contributed by atoms with van der Waals surface area (Å²) in [5.74, 6) is -0.973. The molecule has 0 aromatic carbocycles. The van der Waals surface area contributed by atoms with Gasteiger partial charge in [0.1, 0.15) is 5.56 Å². The number of Topliss-reactive ketones (excluding diaryl/α,β-unsaturated/α-hetero) is 1. The quantitative estimate of drug-likeness (QED) is 0.333. The van der Waals surface area contributed by atoms with Gasteiger partial charge in [0.15, 0.2) is 12.0 Å². The Morgan fingerprint density at radius 2 is 2.08 bits per heavy atom. The molecule has 1 atom stereocenters. The van der Waals surface area contributed by atoms with E-state index < -0.39 is 23.8 Å². The zero-order valence-corrected chi connectivity index (χ0v) is 15.4. The molecular weight excluding hydrogens is 360 g/mol. The summed E-state index contributed by atoms with van der Waals surface area (Å²) >= 11 is 1.28. The van der Waals surface area contributed by atoms with Crippen molar-refractivity contribution in [3.63, 3.8) is 0 Å². The number of rotatable bonds is 10. The van der Waals surface area contributed by atoms with Crippen molar-refractivity contribution in [3.05, 3.63) is 28.0 Å². The number of fused-ring (bicyclic) bond motifs is 1. The van der Waals surface area contributed by atoms with Gasteiger partial charge in [0.25, 0.3) is 5.91 Å². The number of carbonyl (C=O) groups excluding carboxylic acids is 3. The Labute approximate surface area is 154 Å². The predicted molar refractivity (Wildman–Crippen MR) is 96.0 cm³/mol. The van der Waals surface area contributed by atoms with E-state index in [1.807, 2.05) is 0 Å². The van der Waals surface area contributed by atoms with Gasteiger partial charge in [-0.2, -0.15) is 0 Å². The van der Waals surface area contributed by atoms with Gasteiger partial charge in [0.2, 0.25) is 17.3 Å². The molecule has 0 bridgehead atoms. The van der Waals surface area contributed by atoms with Crippen molar-refractivity contribution < 1.29 is 24.0 Å². The minimum atomic E-state index is -0.715. The zero-order valence-electron chi connectivity index (χ0n) is 14.6. The molecule has 0 spiro atoms. The van der Waals surface area contributed by atoms with Crippen LogP contribution >= 0.6 is 11.8 Å². The topological polar surface area (TPSA) is 134 Å². The molecule has 2 rings (SSSR count). The monoisotopic (exact) mass is 382 g/mol. The van der Waals surface area contributed by atoms with Gasteiger partial charge >= 0.3 is 0 Å². The van der Waals surface area contributed by atoms with E-state index in [2.05, 4.69) is 21.1 Å². The second-order valence-electron chi connectivity index (χ2n) is 5.57. The van der Waals surface area contributed by atoms with Crippen molar-refractivity contribution in [2.75, 3.05) is 26.4 Å². The Bertz CT molecular complexity index is 715. The van der Waals surface area contributed by atoms with Crippen LogP contribution in [0.15, 0.2) is 15.5 Å². The maximum atomic E-state index is 12.6. The fourth-order valence-corrected chi connectivity index (χ4v) is 3.34. The first-order valence-corrected chi connectivity index (χ1v) is 9.22. The van der Waals surface area contributed by atoms with Crippen LogP contribution in [0, 0.1) is 0 Å². The summed E-state index contributed by atoms with van der Waals surface area (Å²) in [7, 11) is 3.06. The van der Waals surface area contributed by atoms with Crippen LogP contribution in [0.5, 0.6) is 0 Å². The van der Waals surface area contributed by atoms with Crippen LogP contribution in [-0.2, 0) is 0 Å². The van der Waals surface area contributed by atoms with Gasteiger partial charge in [-0.1, -0.05) is 11.6 Å². The Hall–Kier alpha value is -2.01. The molecule has 4 N–H and O–H groups in total. The van der Waals surface area contributed by atoms with Gasteiger partial charge in [-0.05, 0) is 32.2 Å². The number of aliphatic hydroxyl groups excluding tert-OH is 1. The summed E-state index contributed by atoms with van der Waals surface area (Å²) in [4.78, 5) is 36.7. The molecule has 1 heterocycles. The van der Waals surface area contributed by atoms with E-state index in [9.17, 15) is 19.5 Å². The highest BCUT2D eigenvalue weighted by Gasteiger charge is 2.35. The van der Waals surface area contributed by atoms with Crippen LogP contribution in [0.2, 0.25) is 0 Å². The summed E-state index contributed by atoms with van der Waals surface area (Å²) in [5.41, 5.74) is -0.231. The van der Waals surface area contributed by atoms with E-state index in [1.165, 1.54) is 24.9 Å². The normalized spacial score (nSPS) is 14.8. The molecule has 1 amide bonds. The Morgan fingerprint density at radius 1 is 1.31 bits per heavy atom. The van der Waals surface area contributed by atoms with Crippen molar-refractivity contribution in [2.45, 2.75) is 25.6 Å². The molecule has 0 saturated carbocycles.